The van der Waals surface area contributed by atoms with Gasteiger partial charge in [-0.05, 0) is 29.8 Å². The number of nitrogens with zero attached hydrogens (tertiary/aromatic N) is 2. The highest BCUT2D eigenvalue weighted by Gasteiger charge is 2.10. The minimum Gasteiger partial charge on any atom is -0.485 e. The normalized spacial score (nSPS) is 11.8. The predicted molar refractivity (Wildman–Crippen MR) is 100 cm³/mol. The smallest absolute Gasteiger partial charge is 0.251 e. The van der Waals surface area contributed by atoms with E-state index in [-0.39, 0.29) is 18.6 Å². The Bertz CT molecular complexity index is 862. The summed E-state index contributed by atoms with van der Waals surface area (Å²) in [6.07, 6.45) is 0.685. The van der Waals surface area contributed by atoms with Gasteiger partial charge in [0.15, 0.2) is 6.61 Å². The lowest BCUT2D eigenvalue weighted by Crippen LogP contribution is -2.31. The summed E-state index contributed by atoms with van der Waals surface area (Å²) >= 11 is 0. The maximum Gasteiger partial charge on any atom is 0.251 e. The van der Waals surface area contributed by atoms with Crippen LogP contribution >= 0.6 is 0 Å². The largest absolute Gasteiger partial charge is 0.485 e. The van der Waals surface area contributed by atoms with Crippen molar-refractivity contribution in [1.82, 2.24) is 15.5 Å². The number of rotatable bonds is 8. The fourth-order valence-electron chi connectivity index (χ4n) is 2.47. The number of aromatic nitrogens is 2. The second kappa shape index (κ2) is 8.95. The van der Waals surface area contributed by atoms with Crippen LogP contribution in [0, 0.1) is 0 Å². The van der Waals surface area contributed by atoms with E-state index in [4.69, 9.17) is 15.0 Å². The Morgan fingerprint density at radius 2 is 1.93 bits per heavy atom. The van der Waals surface area contributed by atoms with Crippen LogP contribution in [0.4, 0.5) is 0 Å². The van der Waals surface area contributed by atoms with Crippen molar-refractivity contribution in [2.45, 2.75) is 26.0 Å². The van der Waals surface area contributed by atoms with Gasteiger partial charge in [-0.3, -0.25) is 4.79 Å². The van der Waals surface area contributed by atoms with Gasteiger partial charge >= 0.3 is 0 Å². The van der Waals surface area contributed by atoms with Crippen LogP contribution in [0.15, 0.2) is 59.1 Å². The van der Waals surface area contributed by atoms with Gasteiger partial charge in [-0.15, -0.1) is 0 Å². The molecule has 2 aromatic carbocycles. The Morgan fingerprint density at radius 1 is 1.19 bits per heavy atom. The van der Waals surface area contributed by atoms with Crippen LogP contribution in [0.5, 0.6) is 5.75 Å². The standard InChI is InChI=1S/C20H22N4O3/c1-2-19-23-18(24-27-19)13-26-16-10-8-15(9-11-16)20(25)22-12-17(21)14-6-4-3-5-7-14/h3-11,17H,2,12-13,21H2,1H3,(H,22,25). The van der Waals surface area contributed by atoms with Crippen molar-refractivity contribution >= 4 is 5.91 Å². The van der Waals surface area contributed by atoms with Crippen LogP contribution in [0.25, 0.3) is 0 Å². The van der Waals surface area contributed by atoms with Crippen molar-refractivity contribution < 1.29 is 14.1 Å². The number of amides is 1. The summed E-state index contributed by atoms with van der Waals surface area (Å²) in [5, 5.41) is 6.67. The average molecular weight is 366 g/mol. The Labute approximate surface area is 157 Å². The highest BCUT2D eigenvalue weighted by Crippen LogP contribution is 2.14. The van der Waals surface area contributed by atoms with E-state index in [9.17, 15) is 4.79 Å². The maximum atomic E-state index is 12.3. The molecule has 3 N–H and O–H groups in total. The van der Waals surface area contributed by atoms with Gasteiger partial charge in [0.2, 0.25) is 11.7 Å². The molecule has 0 radical (unpaired) electrons. The predicted octanol–water partition coefficient (Wildman–Crippen LogP) is 2.64. The summed E-state index contributed by atoms with van der Waals surface area (Å²) in [4.78, 5) is 16.4. The zero-order valence-electron chi connectivity index (χ0n) is 15.1. The molecule has 0 bridgehead atoms. The Hall–Kier alpha value is -3.19. The van der Waals surface area contributed by atoms with Crippen molar-refractivity contribution in [3.63, 3.8) is 0 Å². The van der Waals surface area contributed by atoms with E-state index in [2.05, 4.69) is 15.5 Å². The van der Waals surface area contributed by atoms with Gasteiger partial charge in [0, 0.05) is 24.6 Å². The van der Waals surface area contributed by atoms with Gasteiger partial charge in [-0.1, -0.05) is 42.4 Å². The van der Waals surface area contributed by atoms with E-state index in [1.807, 2.05) is 37.3 Å². The molecule has 0 spiro atoms. The number of aryl methyl sites for hydroxylation is 1. The lowest BCUT2D eigenvalue weighted by atomic mass is 10.1. The topological polar surface area (TPSA) is 103 Å². The van der Waals surface area contributed by atoms with Crippen LogP contribution in [0.3, 0.4) is 0 Å². The molecule has 3 rings (SSSR count). The fraction of sp³-hybridized carbons (Fsp3) is 0.250. The molecule has 7 nitrogen and oxygen atoms in total. The van der Waals surface area contributed by atoms with Crippen molar-refractivity contribution in [1.29, 1.82) is 0 Å². The minimum atomic E-state index is -0.249. The minimum absolute atomic E-state index is 0.182. The molecule has 1 atom stereocenters. The van der Waals surface area contributed by atoms with Crippen LogP contribution in [0.1, 0.15) is 40.6 Å². The SMILES string of the molecule is CCc1nc(COc2ccc(C(=O)NCC(N)c3ccccc3)cc2)no1. The number of hydrogen-bond donors (Lipinski definition) is 2. The van der Waals surface area contributed by atoms with Crippen LogP contribution in [0.2, 0.25) is 0 Å². The maximum absolute atomic E-state index is 12.3. The van der Waals surface area contributed by atoms with Gasteiger partial charge in [-0.25, -0.2) is 0 Å². The monoisotopic (exact) mass is 366 g/mol. The highest BCUT2D eigenvalue weighted by atomic mass is 16.5. The van der Waals surface area contributed by atoms with Crippen LogP contribution in [-0.2, 0) is 13.0 Å². The van der Waals surface area contributed by atoms with Crippen molar-refractivity contribution in [3.8, 4) is 5.75 Å². The molecule has 140 valence electrons. The Morgan fingerprint density at radius 3 is 2.59 bits per heavy atom. The average Bonchev–Trinajstić information content (AvgIpc) is 3.19. The molecule has 0 aliphatic rings. The molecule has 7 heteroatoms. The summed E-state index contributed by atoms with van der Waals surface area (Å²) < 4.78 is 10.6. The number of hydrogen-bond acceptors (Lipinski definition) is 6. The second-order valence-electron chi connectivity index (χ2n) is 6.00. The zero-order chi connectivity index (χ0) is 19.1. The number of nitrogens with two attached hydrogens (primary N) is 1. The third kappa shape index (κ3) is 5.15. The van der Waals surface area contributed by atoms with E-state index < -0.39 is 0 Å². The van der Waals surface area contributed by atoms with Crippen molar-refractivity contribution in [2.24, 2.45) is 5.73 Å². The molecule has 27 heavy (non-hydrogen) atoms. The third-order valence-electron chi connectivity index (χ3n) is 4.01. The first-order valence-electron chi connectivity index (χ1n) is 8.78. The van der Waals surface area contributed by atoms with Gasteiger partial charge in [0.1, 0.15) is 5.75 Å². The molecular weight excluding hydrogens is 344 g/mol. The molecule has 0 aliphatic heterocycles. The molecule has 3 aromatic rings. The van der Waals surface area contributed by atoms with Crippen LogP contribution in [-0.4, -0.2) is 22.6 Å². The Balaban J connectivity index is 1.49. The summed E-state index contributed by atoms with van der Waals surface area (Å²) in [5.41, 5.74) is 7.62. The number of ether oxygens (including phenoxy) is 1. The molecule has 0 saturated heterocycles. The molecule has 0 aliphatic carbocycles. The highest BCUT2D eigenvalue weighted by molar-refractivity contribution is 5.94. The molecule has 1 heterocycles. The molecular formula is C20H22N4O3. The summed E-state index contributed by atoms with van der Waals surface area (Å²) in [5.74, 6) is 1.51. The second-order valence-corrected chi connectivity index (χ2v) is 6.00. The molecule has 1 amide bonds. The zero-order valence-corrected chi connectivity index (χ0v) is 15.1. The van der Waals surface area contributed by atoms with Crippen LogP contribution < -0.4 is 15.8 Å². The van der Waals surface area contributed by atoms with E-state index >= 15 is 0 Å². The van der Waals surface area contributed by atoms with E-state index in [1.165, 1.54) is 0 Å². The molecule has 0 fully saturated rings. The van der Waals surface area contributed by atoms with Gasteiger partial charge < -0.3 is 20.3 Å². The number of benzene rings is 2. The van der Waals surface area contributed by atoms with E-state index in [0.29, 0.717) is 36.0 Å². The first kappa shape index (κ1) is 18.6. The van der Waals surface area contributed by atoms with Crippen molar-refractivity contribution in [3.05, 3.63) is 77.4 Å². The van der Waals surface area contributed by atoms with E-state index in [1.54, 1.807) is 24.3 Å². The van der Waals surface area contributed by atoms with Gasteiger partial charge in [0.05, 0.1) is 0 Å². The summed E-state index contributed by atoms with van der Waals surface area (Å²) in [6.45, 7) is 2.51. The first-order valence-corrected chi connectivity index (χ1v) is 8.78. The lowest BCUT2D eigenvalue weighted by molar-refractivity contribution is 0.0951. The van der Waals surface area contributed by atoms with Gasteiger partial charge in [0.25, 0.3) is 5.91 Å². The first-order chi connectivity index (χ1) is 13.2. The summed E-state index contributed by atoms with van der Waals surface area (Å²) in [7, 11) is 0. The number of carbonyl (C=O) groups excluding carboxylic acids is 1. The number of nitrogens with one attached hydrogen (secondary N) is 1. The third-order valence-corrected chi connectivity index (χ3v) is 4.01. The molecule has 1 aromatic heterocycles. The fourth-order valence-corrected chi connectivity index (χ4v) is 2.47. The lowest BCUT2D eigenvalue weighted by Gasteiger charge is -2.13. The van der Waals surface area contributed by atoms with Crippen molar-refractivity contribution in [2.75, 3.05) is 6.54 Å². The van der Waals surface area contributed by atoms with Gasteiger partial charge in [-0.2, -0.15) is 4.98 Å². The summed E-state index contributed by atoms with van der Waals surface area (Å²) in [6, 6.07) is 16.3. The quantitative estimate of drug-likeness (QED) is 0.635. The molecule has 0 saturated carbocycles. The van der Waals surface area contributed by atoms with E-state index in [0.717, 1.165) is 5.56 Å². The number of carbonyl (C=O) groups is 1. The molecule has 1 unspecified atom stereocenters. The Kier molecular flexibility index (Phi) is 6.17.